The van der Waals surface area contributed by atoms with Gasteiger partial charge in [-0.25, -0.2) is 12.8 Å². The standard InChI is InChI=1S/C14H10ClF3O3S/c1-8-4-12(22(19,20)14(17)18)2-3-13(8)21-11-6-9(15)5-10(16)7-11/h2-7,14H,1H3. The highest BCUT2D eigenvalue weighted by molar-refractivity contribution is 7.91. The van der Waals surface area contributed by atoms with Crippen LogP contribution in [0.4, 0.5) is 13.2 Å². The smallest absolute Gasteiger partial charge is 0.341 e. The maximum atomic E-state index is 13.2. The summed E-state index contributed by atoms with van der Waals surface area (Å²) in [5, 5.41) is 0.129. The minimum atomic E-state index is -4.67. The monoisotopic (exact) mass is 350 g/mol. The van der Waals surface area contributed by atoms with E-state index >= 15 is 0 Å². The van der Waals surface area contributed by atoms with Crippen LogP contribution in [0.5, 0.6) is 11.5 Å². The molecule has 0 radical (unpaired) electrons. The average Bonchev–Trinajstić information content (AvgIpc) is 2.39. The van der Waals surface area contributed by atoms with Gasteiger partial charge < -0.3 is 4.74 Å². The fraction of sp³-hybridized carbons (Fsp3) is 0.143. The molecule has 3 nitrogen and oxygen atoms in total. The summed E-state index contributed by atoms with van der Waals surface area (Å²) in [6.07, 6.45) is 0. The van der Waals surface area contributed by atoms with Crippen molar-refractivity contribution in [2.45, 2.75) is 17.6 Å². The van der Waals surface area contributed by atoms with E-state index in [0.29, 0.717) is 5.56 Å². The first-order valence-electron chi connectivity index (χ1n) is 5.97. The van der Waals surface area contributed by atoms with Gasteiger partial charge in [-0.3, -0.25) is 0 Å². The highest BCUT2D eigenvalue weighted by Crippen LogP contribution is 2.30. The van der Waals surface area contributed by atoms with Crippen molar-refractivity contribution in [1.82, 2.24) is 0 Å². The lowest BCUT2D eigenvalue weighted by atomic mass is 10.2. The van der Waals surface area contributed by atoms with E-state index in [9.17, 15) is 21.6 Å². The zero-order valence-corrected chi connectivity index (χ0v) is 12.8. The third-order valence-electron chi connectivity index (χ3n) is 2.77. The highest BCUT2D eigenvalue weighted by atomic mass is 35.5. The predicted octanol–water partition coefficient (Wildman–Crippen LogP) is 4.58. The number of benzene rings is 2. The molecule has 0 aliphatic carbocycles. The molecule has 0 fully saturated rings. The first-order valence-corrected chi connectivity index (χ1v) is 7.89. The molecule has 8 heteroatoms. The number of alkyl halides is 2. The summed E-state index contributed by atoms with van der Waals surface area (Å²) in [5.41, 5.74) is 0.308. The minimum absolute atomic E-state index is 0.109. The molecule has 2 aromatic rings. The summed E-state index contributed by atoms with van der Waals surface area (Å²) in [4.78, 5) is -0.510. The van der Waals surface area contributed by atoms with Crippen LogP contribution in [-0.4, -0.2) is 14.2 Å². The third-order valence-corrected chi connectivity index (χ3v) is 4.37. The third kappa shape index (κ3) is 3.53. The van der Waals surface area contributed by atoms with E-state index in [1.54, 1.807) is 0 Å². The topological polar surface area (TPSA) is 43.4 Å². The van der Waals surface area contributed by atoms with Gasteiger partial charge in [-0.15, -0.1) is 0 Å². The molecule has 0 N–H and O–H groups in total. The van der Waals surface area contributed by atoms with Crippen molar-refractivity contribution in [3.8, 4) is 11.5 Å². The summed E-state index contributed by atoms with van der Waals surface area (Å²) in [7, 11) is -4.67. The molecule has 2 aromatic carbocycles. The first-order chi connectivity index (χ1) is 10.2. The van der Waals surface area contributed by atoms with Gasteiger partial charge in [-0.2, -0.15) is 8.78 Å². The van der Waals surface area contributed by atoms with Gasteiger partial charge >= 0.3 is 5.76 Å². The van der Waals surface area contributed by atoms with Crippen molar-refractivity contribution < 1.29 is 26.3 Å². The van der Waals surface area contributed by atoms with E-state index in [0.717, 1.165) is 24.3 Å². The Kier molecular flexibility index (Phi) is 4.67. The van der Waals surface area contributed by atoms with Crippen LogP contribution in [0.2, 0.25) is 5.02 Å². The molecule has 0 aliphatic rings. The fourth-order valence-corrected chi connectivity index (χ4v) is 2.75. The average molecular weight is 351 g/mol. The Labute approximate surface area is 130 Å². The molecule has 0 unspecified atom stereocenters. The minimum Gasteiger partial charge on any atom is -0.457 e. The van der Waals surface area contributed by atoms with Crippen molar-refractivity contribution in [2.24, 2.45) is 0 Å². The number of hydrogen-bond donors (Lipinski definition) is 0. The predicted molar refractivity (Wildman–Crippen MR) is 75.9 cm³/mol. The number of halogens is 4. The van der Waals surface area contributed by atoms with Crippen molar-refractivity contribution in [1.29, 1.82) is 0 Å². The Morgan fingerprint density at radius 2 is 1.82 bits per heavy atom. The summed E-state index contributed by atoms with van der Waals surface area (Å²) in [6.45, 7) is 1.49. The number of sulfone groups is 1. The molecule has 0 aliphatic heterocycles. The Balaban J connectivity index is 2.35. The van der Waals surface area contributed by atoms with Gasteiger partial charge in [0.25, 0.3) is 0 Å². The number of aryl methyl sites for hydroxylation is 1. The van der Waals surface area contributed by atoms with Crippen LogP contribution in [0.1, 0.15) is 5.56 Å². The lowest BCUT2D eigenvalue weighted by molar-refractivity contribution is 0.234. The van der Waals surface area contributed by atoms with Gasteiger partial charge in [0, 0.05) is 11.1 Å². The molecule has 22 heavy (non-hydrogen) atoms. The zero-order valence-electron chi connectivity index (χ0n) is 11.2. The van der Waals surface area contributed by atoms with Crippen LogP contribution >= 0.6 is 11.6 Å². The van der Waals surface area contributed by atoms with E-state index in [1.807, 2.05) is 0 Å². The Morgan fingerprint density at radius 3 is 2.36 bits per heavy atom. The van der Waals surface area contributed by atoms with Gasteiger partial charge in [0.1, 0.15) is 17.3 Å². The number of rotatable bonds is 4. The molecule has 0 heterocycles. The van der Waals surface area contributed by atoms with Crippen molar-refractivity contribution >= 4 is 21.4 Å². The summed E-state index contributed by atoms with van der Waals surface area (Å²) < 4.78 is 66.4. The van der Waals surface area contributed by atoms with Crippen molar-refractivity contribution in [2.75, 3.05) is 0 Å². The lowest BCUT2D eigenvalue weighted by Gasteiger charge is -2.11. The van der Waals surface area contributed by atoms with E-state index in [1.165, 1.54) is 19.1 Å². The molecule has 0 bridgehead atoms. The molecular formula is C14H10ClF3O3S. The van der Waals surface area contributed by atoms with E-state index in [4.69, 9.17) is 16.3 Å². The van der Waals surface area contributed by atoms with Crippen molar-refractivity contribution in [3.05, 3.63) is 52.8 Å². The normalized spacial score (nSPS) is 11.7. The van der Waals surface area contributed by atoms with E-state index in [-0.39, 0.29) is 16.5 Å². The van der Waals surface area contributed by atoms with Gasteiger partial charge in [0.2, 0.25) is 9.84 Å². The Morgan fingerprint density at radius 1 is 1.14 bits per heavy atom. The molecule has 2 rings (SSSR count). The van der Waals surface area contributed by atoms with Crippen molar-refractivity contribution in [3.63, 3.8) is 0 Å². The molecule has 0 amide bonds. The van der Waals surface area contributed by atoms with Crippen LogP contribution in [0, 0.1) is 12.7 Å². The summed E-state index contributed by atoms with van der Waals surface area (Å²) in [6, 6.07) is 6.86. The van der Waals surface area contributed by atoms with Crippen LogP contribution in [0.3, 0.4) is 0 Å². The second-order valence-corrected chi connectivity index (χ2v) is 6.79. The van der Waals surface area contributed by atoms with Crippen LogP contribution < -0.4 is 4.74 Å². The highest BCUT2D eigenvalue weighted by Gasteiger charge is 2.27. The second kappa shape index (κ2) is 6.18. The van der Waals surface area contributed by atoms with Gasteiger partial charge in [0.05, 0.1) is 4.90 Å². The summed E-state index contributed by atoms with van der Waals surface area (Å²) >= 11 is 5.69. The van der Waals surface area contributed by atoms with E-state index in [2.05, 4.69) is 0 Å². The SMILES string of the molecule is Cc1cc(S(=O)(=O)C(F)F)ccc1Oc1cc(F)cc(Cl)c1. The summed E-state index contributed by atoms with van der Waals surface area (Å²) in [5.74, 6) is -3.79. The first kappa shape index (κ1) is 16.6. The molecule has 118 valence electrons. The molecule has 0 atom stereocenters. The quantitative estimate of drug-likeness (QED) is 0.810. The van der Waals surface area contributed by atoms with Gasteiger partial charge in [-0.05, 0) is 42.8 Å². The maximum absolute atomic E-state index is 13.2. The zero-order chi connectivity index (χ0) is 16.5. The molecule has 0 aromatic heterocycles. The van der Waals surface area contributed by atoms with Gasteiger partial charge in [0.15, 0.2) is 0 Å². The Hall–Kier alpha value is -1.73. The van der Waals surface area contributed by atoms with Gasteiger partial charge in [-0.1, -0.05) is 11.6 Å². The number of ether oxygens (including phenoxy) is 1. The fourth-order valence-electron chi connectivity index (χ4n) is 1.73. The molecule has 0 saturated heterocycles. The maximum Gasteiger partial charge on any atom is 0.341 e. The van der Waals surface area contributed by atoms with Crippen LogP contribution in [0.25, 0.3) is 0 Å². The van der Waals surface area contributed by atoms with Crippen LogP contribution in [0.15, 0.2) is 41.3 Å². The van der Waals surface area contributed by atoms with Crippen LogP contribution in [-0.2, 0) is 9.84 Å². The lowest BCUT2D eigenvalue weighted by Crippen LogP contribution is -2.11. The number of hydrogen-bond acceptors (Lipinski definition) is 3. The second-order valence-electron chi connectivity index (χ2n) is 4.44. The molecule has 0 spiro atoms. The molecular weight excluding hydrogens is 341 g/mol. The molecule has 0 saturated carbocycles. The van der Waals surface area contributed by atoms with E-state index < -0.39 is 26.3 Å². The largest absolute Gasteiger partial charge is 0.457 e. The Bertz CT molecular complexity index is 787.